The number of thiophene rings is 1. The van der Waals surface area contributed by atoms with Crippen LogP contribution in [0, 0.1) is 0 Å². The van der Waals surface area contributed by atoms with Crippen LogP contribution in [0.25, 0.3) is 0 Å². The third-order valence-corrected chi connectivity index (χ3v) is 3.93. The molecule has 1 aromatic carbocycles. The lowest BCUT2D eigenvalue weighted by Crippen LogP contribution is -2.21. The number of nitrogens with one attached hydrogen (secondary N) is 1. The number of benzene rings is 1. The highest BCUT2D eigenvalue weighted by Crippen LogP contribution is 2.27. The predicted octanol–water partition coefficient (Wildman–Crippen LogP) is 3.87. The lowest BCUT2D eigenvalue weighted by Gasteiger charge is -2.20. The van der Waals surface area contributed by atoms with E-state index in [1.807, 2.05) is 18.2 Å². The molecule has 0 aliphatic heterocycles. The first-order chi connectivity index (χ1) is 8.18. The molecular weight excluding hydrogens is 230 g/mol. The Kier molecular flexibility index (Phi) is 3.82. The third-order valence-electron chi connectivity index (χ3n) is 2.87. The van der Waals surface area contributed by atoms with Crippen LogP contribution in [0.4, 0.5) is 0 Å². The lowest BCUT2D eigenvalue weighted by atomic mass is 10.1. The standard InChI is InChI=1S/C14H17NOS/c1-10(12-6-3-4-7-13(12)16)15-11(2)14-8-5-9-17-14/h3-11,15-16H,1-2H3/t10?,11-/m0/s1. The molecule has 2 nitrogen and oxygen atoms in total. The molecule has 2 aromatic rings. The fourth-order valence-electron chi connectivity index (χ4n) is 1.94. The number of para-hydroxylation sites is 1. The van der Waals surface area contributed by atoms with Crippen LogP contribution in [0.5, 0.6) is 5.75 Å². The van der Waals surface area contributed by atoms with Crippen molar-refractivity contribution in [3.63, 3.8) is 0 Å². The first-order valence-corrected chi connectivity index (χ1v) is 6.64. The maximum atomic E-state index is 9.79. The number of rotatable bonds is 4. The monoisotopic (exact) mass is 247 g/mol. The summed E-state index contributed by atoms with van der Waals surface area (Å²) in [4.78, 5) is 1.31. The van der Waals surface area contributed by atoms with E-state index in [2.05, 4.69) is 36.7 Å². The van der Waals surface area contributed by atoms with Crippen molar-refractivity contribution < 1.29 is 5.11 Å². The highest BCUT2D eigenvalue weighted by Gasteiger charge is 2.13. The van der Waals surface area contributed by atoms with E-state index in [-0.39, 0.29) is 6.04 Å². The molecule has 0 saturated carbocycles. The molecule has 1 unspecified atom stereocenters. The van der Waals surface area contributed by atoms with E-state index in [1.54, 1.807) is 17.4 Å². The highest BCUT2D eigenvalue weighted by atomic mass is 32.1. The number of hydrogen-bond acceptors (Lipinski definition) is 3. The van der Waals surface area contributed by atoms with Crippen molar-refractivity contribution in [1.82, 2.24) is 5.32 Å². The van der Waals surface area contributed by atoms with E-state index in [9.17, 15) is 5.11 Å². The molecule has 3 heteroatoms. The Hall–Kier alpha value is -1.32. The zero-order valence-electron chi connectivity index (χ0n) is 10.1. The summed E-state index contributed by atoms with van der Waals surface area (Å²) in [6.45, 7) is 4.21. The molecule has 0 aliphatic rings. The fraction of sp³-hybridized carbons (Fsp3) is 0.286. The van der Waals surface area contributed by atoms with Crippen LogP contribution in [-0.4, -0.2) is 5.11 Å². The first-order valence-electron chi connectivity index (χ1n) is 5.76. The summed E-state index contributed by atoms with van der Waals surface area (Å²) in [6.07, 6.45) is 0. The summed E-state index contributed by atoms with van der Waals surface area (Å²) in [7, 11) is 0. The van der Waals surface area contributed by atoms with Gasteiger partial charge in [-0.05, 0) is 31.4 Å². The fourth-order valence-corrected chi connectivity index (χ4v) is 2.68. The minimum Gasteiger partial charge on any atom is -0.508 e. The van der Waals surface area contributed by atoms with Crippen molar-refractivity contribution in [2.45, 2.75) is 25.9 Å². The molecule has 2 atom stereocenters. The SMILES string of the molecule is CC(N[C@@H](C)c1cccs1)c1ccccc1O. The molecule has 1 aromatic heterocycles. The van der Waals surface area contributed by atoms with Crippen molar-refractivity contribution in [3.8, 4) is 5.75 Å². The van der Waals surface area contributed by atoms with Gasteiger partial charge in [-0.25, -0.2) is 0 Å². The second-order valence-corrected chi connectivity index (χ2v) is 5.16. The van der Waals surface area contributed by atoms with Gasteiger partial charge in [0.15, 0.2) is 0 Å². The van der Waals surface area contributed by atoms with Gasteiger partial charge in [0.1, 0.15) is 5.75 Å². The molecule has 2 N–H and O–H groups in total. The normalized spacial score (nSPS) is 14.5. The van der Waals surface area contributed by atoms with E-state index in [4.69, 9.17) is 0 Å². The number of aromatic hydroxyl groups is 1. The number of hydrogen-bond donors (Lipinski definition) is 2. The third kappa shape index (κ3) is 2.87. The molecule has 0 fully saturated rings. The van der Waals surface area contributed by atoms with Gasteiger partial charge in [0.2, 0.25) is 0 Å². The maximum absolute atomic E-state index is 9.79. The average molecular weight is 247 g/mol. The zero-order chi connectivity index (χ0) is 12.3. The Labute approximate surface area is 106 Å². The van der Waals surface area contributed by atoms with E-state index >= 15 is 0 Å². The molecule has 0 saturated heterocycles. The lowest BCUT2D eigenvalue weighted by molar-refractivity contribution is 0.440. The van der Waals surface area contributed by atoms with Crippen LogP contribution in [0.3, 0.4) is 0 Å². The summed E-state index contributed by atoms with van der Waals surface area (Å²) < 4.78 is 0. The Bertz CT molecular complexity index is 467. The summed E-state index contributed by atoms with van der Waals surface area (Å²) >= 11 is 1.75. The van der Waals surface area contributed by atoms with Crippen LogP contribution in [0.15, 0.2) is 41.8 Å². The smallest absolute Gasteiger partial charge is 0.120 e. The molecule has 2 rings (SSSR count). The van der Waals surface area contributed by atoms with E-state index in [0.29, 0.717) is 11.8 Å². The topological polar surface area (TPSA) is 32.3 Å². The molecular formula is C14H17NOS. The number of phenols is 1. The summed E-state index contributed by atoms with van der Waals surface area (Å²) in [5.41, 5.74) is 0.941. The molecule has 17 heavy (non-hydrogen) atoms. The second kappa shape index (κ2) is 5.34. The molecule has 0 spiro atoms. The van der Waals surface area contributed by atoms with Gasteiger partial charge in [-0.1, -0.05) is 24.3 Å². The quantitative estimate of drug-likeness (QED) is 0.859. The van der Waals surface area contributed by atoms with Gasteiger partial charge >= 0.3 is 0 Å². The summed E-state index contributed by atoms with van der Waals surface area (Å²) in [6, 6.07) is 12.1. The Morgan fingerprint density at radius 1 is 1.06 bits per heavy atom. The van der Waals surface area contributed by atoms with Gasteiger partial charge in [0.05, 0.1) is 0 Å². The summed E-state index contributed by atoms with van der Waals surface area (Å²) in [5, 5.41) is 15.4. The van der Waals surface area contributed by atoms with Crippen LogP contribution in [0.2, 0.25) is 0 Å². The van der Waals surface area contributed by atoms with E-state index in [0.717, 1.165) is 5.56 Å². The molecule has 0 radical (unpaired) electrons. The zero-order valence-corrected chi connectivity index (χ0v) is 10.9. The molecule has 1 heterocycles. The second-order valence-electron chi connectivity index (χ2n) is 4.18. The van der Waals surface area contributed by atoms with Gasteiger partial charge in [-0.3, -0.25) is 0 Å². The van der Waals surface area contributed by atoms with Gasteiger partial charge < -0.3 is 10.4 Å². The Balaban J connectivity index is 2.07. The molecule has 90 valence electrons. The Morgan fingerprint density at radius 2 is 1.82 bits per heavy atom. The minimum absolute atomic E-state index is 0.133. The van der Waals surface area contributed by atoms with Gasteiger partial charge in [0.25, 0.3) is 0 Å². The van der Waals surface area contributed by atoms with Gasteiger partial charge in [-0.2, -0.15) is 0 Å². The average Bonchev–Trinajstić information content (AvgIpc) is 2.82. The molecule has 0 bridgehead atoms. The largest absolute Gasteiger partial charge is 0.508 e. The van der Waals surface area contributed by atoms with Gasteiger partial charge in [0, 0.05) is 22.5 Å². The predicted molar refractivity (Wildman–Crippen MR) is 72.4 cm³/mol. The van der Waals surface area contributed by atoms with E-state index < -0.39 is 0 Å². The van der Waals surface area contributed by atoms with Crippen LogP contribution in [-0.2, 0) is 0 Å². The van der Waals surface area contributed by atoms with Crippen molar-refractivity contribution in [2.24, 2.45) is 0 Å². The Morgan fingerprint density at radius 3 is 2.47 bits per heavy atom. The van der Waals surface area contributed by atoms with Crippen molar-refractivity contribution in [1.29, 1.82) is 0 Å². The van der Waals surface area contributed by atoms with Crippen molar-refractivity contribution in [3.05, 3.63) is 52.2 Å². The first kappa shape index (κ1) is 12.1. The highest BCUT2D eigenvalue weighted by molar-refractivity contribution is 7.10. The van der Waals surface area contributed by atoms with Gasteiger partial charge in [-0.15, -0.1) is 11.3 Å². The molecule has 0 amide bonds. The van der Waals surface area contributed by atoms with Crippen molar-refractivity contribution >= 4 is 11.3 Å². The van der Waals surface area contributed by atoms with Crippen molar-refractivity contribution in [2.75, 3.05) is 0 Å². The number of phenolic OH excluding ortho intramolecular Hbond substituents is 1. The maximum Gasteiger partial charge on any atom is 0.120 e. The molecule has 0 aliphatic carbocycles. The van der Waals surface area contributed by atoms with E-state index in [1.165, 1.54) is 4.88 Å². The van der Waals surface area contributed by atoms with Crippen LogP contribution >= 0.6 is 11.3 Å². The van der Waals surface area contributed by atoms with Crippen LogP contribution in [0.1, 0.15) is 36.4 Å². The summed E-state index contributed by atoms with van der Waals surface area (Å²) in [5.74, 6) is 0.353. The van der Waals surface area contributed by atoms with Crippen LogP contribution < -0.4 is 5.32 Å². The minimum atomic E-state index is 0.133.